The van der Waals surface area contributed by atoms with Crippen molar-refractivity contribution in [2.24, 2.45) is 0 Å². The van der Waals surface area contributed by atoms with Gasteiger partial charge in [0.05, 0.1) is 16.4 Å². The lowest BCUT2D eigenvalue weighted by Gasteiger charge is -2.12. The lowest BCUT2D eigenvalue weighted by molar-refractivity contribution is 0.0963. The molecule has 0 radical (unpaired) electrons. The van der Waals surface area contributed by atoms with Crippen LogP contribution in [0.3, 0.4) is 0 Å². The van der Waals surface area contributed by atoms with Gasteiger partial charge < -0.3 is 10.6 Å². The molecule has 0 aliphatic carbocycles. The number of amides is 1. The van der Waals surface area contributed by atoms with Crippen molar-refractivity contribution in [3.05, 3.63) is 75.8 Å². The van der Waals surface area contributed by atoms with Crippen molar-refractivity contribution >= 4 is 38.9 Å². The minimum Gasteiger partial charge on any atom is -0.366 e. The van der Waals surface area contributed by atoms with Gasteiger partial charge in [-0.3, -0.25) is 4.79 Å². The highest BCUT2D eigenvalue weighted by Crippen LogP contribution is 2.26. The molecule has 8 heteroatoms. The molecule has 150 valence electrons. The summed E-state index contributed by atoms with van der Waals surface area (Å²) >= 11 is 3.45. The monoisotopic (exact) mass is 457 g/mol. The molecule has 0 unspecified atom stereocenters. The number of allylic oxidation sites excluding steroid dienone is 4. The van der Waals surface area contributed by atoms with Gasteiger partial charge in [0.25, 0.3) is 5.91 Å². The van der Waals surface area contributed by atoms with Crippen LogP contribution in [0.4, 0.5) is 10.2 Å². The Hall–Kier alpha value is -3.00. The molecule has 29 heavy (non-hydrogen) atoms. The number of carbonyl (C=O) groups is 1. The Morgan fingerprint density at radius 2 is 2.03 bits per heavy atom. The van der Waals surface area contributed by atoms with E-state index in [-0.39, 0.29) is 11.7 Å². The maximum Gasteiger partial charge on any atom is 0.251 e. The molecular weight excluding hydrogens is 437 g/mol. The lowest BCUT2D eigenvalue weighted by Crippen LogP contribution is -2.17. The van der Waals surface area contributed by atoms with E-state index < -0.39 is 0 Å². The van der Waals surface area contributed by atoms with Crippen molar-refractivity contribution in [1.82, 2.24) is 19.9 Å². The van der Waals surface area contributed by atoms with Crippen LogP contribution in [0.1, 0.15) is 35.5 Å². The topological polar surface area (TPSA) is 71.3 Å². The van der Waals surface area contributed by atoms with Crippen LogP contribution in [-0.2, 0) is 6.54 Å². The first-order valence-electron chi connectivity index (χ1n) is 9.03. The largest absolute Gasteiger partial charge is 0.366 e. The molecule has 0 saturated carbocycles. The van der Waals surface area contributed by atoms with Crippen LogP contribution in [0, 0.1) is 0 Å². The standard InChI is InChI=1S/C21H21BrFN5O/c1-4-5-16(13(2)23)18-10-19(28-20(27-18)17(22)12-26-28)25-11-14-6-8-15(9-7-14)21(29)24-3/h4-10,12,25H,11H2,1-3H3,(H,24,29)/b5-4-,16-13-. The second-order valence-electron chi connectivity index (χ2n) is 6.33. The van der Waals surface area contributed by atoms with Crippen molar-refractivity contribution < 1.29 is 9.18 Å². The molecule has 0 atom stereocenters. The van der Waals surface area contributed by atoms with Crippen molar-refractivity contribution in [2.45, 2.75) is 20.4 Å². The van der Waals surface area contributed by atoms with Crippen molar-refractivity contribution in [2.75, 3.05) is 12.4 Å². The van der Waals surface area contributed by atoms with Gasteiger partial charge in [-0.05, 0) is 47.5 Å². The predicted molar refractivity (Wildman–Crippen MR) is 116 cm³/mol. The van der Waals surface area contributed by atoms with Crippen LogP contribution in [0.2, 0.25) is 0 Å². The maximum atomic E-state index is 14.1. The third-order valence-electron chi connectivity index (χ3n) is 4.33. The summed E-state index contributed by atoms with van der Waals surface area (Å²) in [6.07, 6.45) is 5.12. The molecule has 3 aromatic rings. The van der Waals surface area contributed by atoms with Gasteiger partial charge in [-0.1, -0.05) is 24.3 Å². The number of rotatable bonds is 6. The number of benzene rings is 1. The van der Waals surface area contributed by atoms with E-state index in [0.29, 0.717) is 39.3 Å². The summed E-state index contributed by atoms with van der Waals surface area (Å²) in [5.41, 5.74) is 3.10. The van der Waals surface area contributed by atoms with Gasteiger partial charge in [-0.15, -0.1) is 0 Å². The van der Waals surface area contributed by atoms with Gasteiger partial charge >= 0.3 is 0 Å². The van der Waals surface area contributed by atoms with Gasteiger partial charge in [0.1, 0.15) is 11.6 Å². The zero-order chi connectivity index (χ0) is 21.0. The Morgan fingerprint density at radius 3 is 2.66 bits per heavy atom. The zero-order valence-electron chi connectivity index (χ0n) is 16.3. The quantitative estimate of drug-likeness (QED) is 0.524. The van der Waals surface area contributed by atoms with Crippen molar-refractivity contribution in [3.8, 4) is 0 Å². The van der Waals surface area contributed by atoms with Crippen molar-refractivity contribution in [3.63, 3.8) is 0 Å². The first kappa shape index (κ1) is 20.7. The van der Waals surface area contributed by atoms with Gasteiger partial charge in [-0.25, -0.2) is 9.37 Å². The van der Waals surface area contributed by atoms with E-state index in [9.17, 15) is 9.18 Å². The zero-order valence-corrected chi connectivity index (χ0v) is 17.9. The molecule has 0 spiro atoms. The minimum atomic E-state index is -0.314. The normalized spacial score (nSPS) is 12.3. The van der Waals surface area contributed by atoms with Crippen LogP contribution < -0.4 is 10.6 Å². The summed E-state index contributed by atoms with van der Waals surface area (Å²) < 4.78 is 16.5. The second kappa shape index (κ2) is 9.00. The molecule has 2 N–H and O–H groups in total. The summed E-state index contributed by atoms with van der Waals surface area (Å²) in [5.74, 6) is 0.233. The Bertz CT molecular complexity index is 1100. The number of aromatic nitrogens is 3. The fraction of sp³-hybridized carbons (Fsp3) is 0.190. The molecule has 0 saturated heterocycles. The first-order valence-corrected chi connectivity index (χ1v) is 9.82. The summed E-state index contributed by atoms with van der Waals surface area (Å²) in [5, 5.41) is 10.3. The first-order chi connectivity index (χ1) is 13.9. The molecule has 0 aliphatic heterocycles. The molecule has 0 fully saturated rings. The summed E-state index contributed by atoms with van der Waals surface area (Å²) in [6, 6.07) is 9.07. The Morgan fingerprint density at radius 1 is 1.31 bits per heavy atom. The number of anilines is 1. The van der Waals surface area contributed by atoms with E-state index in [4.69, 9.17) is 0 Å². The molecule has 1 aromatic carbocycles. The SMILES string of the molecule is C/C=C\C(=C(/C)F)c1cc(NCc2ccc(C(=O)NC)cc2)n2ncc(Br)c2n1. The molecular formula is C21H21BrFN5O. The number of fused-ring (bicyclic) bond motifs is 1. The molecule has 2 aromatic heterocycles. The van der Waals surface area contributed by atoms with Gasteiger partial charge in [0.15, 0.2) is 5.65 Å². The molecule has 6 nitrogen and oxygen atoms in total. The number of hydrogen-bond acceptors (Lipinski definition) is 4. The Balaban J connectivity index is 1.94. The smallest absolute Gasteiger partial charge is 0.251 e. The van der Waals surface area contributed by atoms with Crippen LogP contribution in [0.25, 0.3) is 11.2 Å². The highest BCUT2D eigenvalue weighted by Gasteiger charge is 2.13. The third kappa shape index (κ3) is 4.54. The highest BCUT2D eigenvalue weighted by atomic mass is 79.9. The fourth-order valence-electron chi connectivity index (χ4n) is 2.85. The summed E-state index contributed by atoms with van der Waals surface area (Å²) in [4.78, 5) is 16.2. The van der Waals surface area contributed by atoms with Crippen LogP contribution >= 0.6 is 15.9 Å². The van der Waals surface area contributed by atoms with Gasteiger partial charge in [0, 0.05) is 30.8 Å². The molecule has 0 bridgehead atoms. The van der Waals surface area contributed by atoms with Crippen LogP contribution in [-0.4, -0.2) is 27.6 Å². The van der Waals surface area contributed by atoms with E-state index in [1.165, 1.54) is 6.92 Å². The lowest BCUT2D eigenvalue weighted by atomic mass is 10.1. The van der Waals surface area contributed by atoms with Gasteiger partial charge in [-0.2, -0.15) is 9.61 Å². The highest BCUT2D eigenvalue weighted by molar-refractivity contribution is 9.10. The number of halogens is 2. The average Bonchev–Trinajstić information content (AvgIpc) is 3.10. The summed E-state index contributed by atoms with van der Waals surface area (Å²) in [6.45, 7) is 3.74. The number of nitrogens with zero attached hydrogens (tertiary/aromatic N) is 3. The fourth-order valence-corrected chi connectivity index (χ4v) is 3.20. The summed E-state index contributed by atoms with van der Waals surface area (Å²) in [7, 11) is 1.60. The molecule has 3 rings (SSSR count). The van der Waals surface area contributed by atoms with Crippen LogP contribution in [0.15, 0.2) is 59.0 Å². The number of carbonyl (C=O) groups excluding carboxylic acids is 1. The minimum absolute atomic E-state index is 0.128. The van der Waals surface area contributed by atoms with E-state index >= 15 is 0 Å². The average molecular weight is 458 g/mol. The van der Waals surface area contributed by atoms with Crippen LogP contribution in [0.5, 0.6) is 0 Å². The van der Waals surface area contributed by atoms with E-state index in [0.717, 1.165) is 5.56 Å². The van der Waals surface area contributed by atoms with Gasteiger partial charge in [0.2, 0.25) is 0 Å². The van der Waals surface area contributed by atoms with E-state index in [1.54, 1.807) is 48.1 Å². The molecule has 0 aliphatic rings. The number of nitrogens with one attached hydrogen (secondary N) is 2. The third-order valence-corrected chi connectivity index (χ3v) is 4.89. The molecule has 1 amide bonds. The van der Waals surface area contributed by atoms with E-state index in [2.05, 4.69) is 36.6 Å². The maximum absolute atomic E-state index is 14.1. The Kier molecular flexibility index (Phi) is 6.43. The second-order valence-corrected chi connectivity index (χ2v) is 7.19. The number of hydrogen-bond donors (Lipinski definition) is 2. The van der Waals surface area contributed by atoms with Crippen molar-refractivity contribution in [1.29, 1.82) is 0 Å². The van der Waals surface area contributed by atoms with E-state index in [1.807, 2.05) is 19.1 Å². The predicted octanol–water partition coefficient (Wildman–Crippen LogP) is 4.74. The Labute approximate surface area is 176 Å². The molecule has 2 heterocycles.